The zero-order chi connectivity index (χ0) is 16.9. The van der Waals surface area contributed by atoms with Crippen molar-refractivity contribution < 1.29 is 9.18 Å². The highest BCUT2D eigenvalue weighted by Gasteiger charge is 2.35. The summed E-state index contributed by atoms with van der Waals surface area (Å²) in [5, 5.41) is 3.11. The molecule has 23 heavy (non-hydrogen) atoms. The van der Waals surface area contributed by atoms with Crippen LogP contribution in [-0.2, 0) is 10.2 Å². The van der Waals surface area contributed by atoms with E-state index in [-0.39, 0.29) is 17.1 Å². The Kier molecular flexibility index (Phi) is 6.17. The van der Waals surface area contributed by atoms with E-state index >= 15 is 0 Å². The quantitative estimate of drug-likeness (QED) is 0.834. The van der Waals surface area contributed by atoms with E-state index in [0.717, 1.165) is 24.8 Å². The molecule has 0 heterocycles. The van der Waals surface area contributed by atoms with Crippen molar-refractivity contribution in [2.45, 2.75) is 57.4 Å². The van der Waals surface area contributed by atoms with E-state index in [2.05, 4.69) is 24.1 Å². The van der Waals surface area contributed by atoms with Gasteiger partial charge < -0.3 is 5.32 Å². The van der Waals surface area contributed by atoms with Crippen molar-refractivity contribution in [3.05, 3.63) is 35.6 Å². The Morgan fingerprint density at radius 2 is 1.91 bits per heavy atom. The van der Waals surface area contributed by atoms with Gasteiger partial charge in [-0.1, -0.05) is 31.9 Å². The minimum absolute atomic E-state index is 0.0295. The summed E-state index contributed by atoms with van der Waals surface area (Å²) in [6, 6.07) is 7.19. The molecule has 128 valence electrons. The van der Waals surface area contributed by atoms with Gasteiger partial charge in [-0.3, -0.25) is 9.69 Å². The van der Waals surface area contributed by atoms with E-state index in [1.807, 2.05) is 19.2 Å². The molecular weight excluding hydrogens is 291 g/mol. The molecule has 0 radical (unpaired) electrons. The van der Waals surface area contributed by atoms with Gasteiger partial charge in [0.15, 0.2) is 0 Å². The fourth-order valence-electron chi connectivity index (χ4n) is 3.44. The van der Waals surface area contributed by atoms with Crippen molar-refractivity contribution in [3.63, 3.8) is 0 Å². The zero-order valence-corrected chi connectivity index (χ0v) is 14.6. The molecule has 0 aromatic heterocycles. The Bertz CT molecular complexity index is 509. The molecule has 1 atom stereocenters. The number of carbonyl (C=O) groups excluding carboxylic acids is 1. The summed E-state index contributed by atoms with van der Waals surface area (Å²) < 4.78 is 13.2. The van der Waals surface area contributed by atoms with E-state index < -0.39 is 0 Å². The van der Waals surface area contributed by atoms with Gasteiger partial charge in [0.2, 0.25) is 5.91 Å². The van der Waals surface area contributed by atoms with Crippen LogP contribution in [0, 0.1) is 5.82 Å². The number of halogens is 1. The Morgan fingerprint density at radius 3 is 2.48 bits per heavy atom. The number of nitrogens with zero attached hydrogens (tertiary/aromatic N) is 1. The largest absolute Gasteiger partial charge is 0.354 e. The van der Waals surface area contributed by atoms with Crippen molar-refractivity contribution in [1.82, 2.24) is 10.2 Å². The predicted octanol–water partition coefficient (Wildman–Crippen LogP) is 3.48. The summed E-state index contributed by atoms with van der Waals surface area (Å²) in [6.07, 6.45) is 5.48. The van der Waals surface area contributed by atoms with Crippen LogP contribution in [0.1, 0.15) is 51.5 Å². The average Bonchev–Trinajstić information content (AvgIpc) is 3.03. The zero-order valence-electron chi connectivity index (χ0n) is 14.6. The first-order chi connectivity index (χ1) is 11.0. The maximum absolute atomic E-state index is 13.2. The van der Waals surface area contributed by atoms with Gasteiger partial charge in [0.25, 0.3) is 0 Å². The van der Waals surface area contributed by atoms with Crippen LogP contribution in [0.5, 0.6) is 0 Å². The highest BCUT2D eigenvalue weighted by atomic mass is 19.1. The minimum atomic E-state index is -0.207. The van der Waals surface area contributed by atoms with Gasteiger partial charge in [0.1, 0.15) is 5.82 Å². The molecule has 2 rings (SSSR count). The highest BCUT2D eigenvalue weighted by molar-refractivity contribution is 5.78. The fourth-order valence-corrected chi connectivity index (χ4v) is 3.44. The molecule has 3 nitrogen and oxygen atoms in total. The van der Waals surface area contributed by atoms with Crippen LogP contribution >= 0.6 is 0 Å². The molecule has 1 aromatic carbocycles. The second kappa shape index (κ2) is 7.91. The normalized spacial score (nSPS) is 18.1. The molecule has 1 aromatic rings. The van der Waals surface area contributed by atoms with Gasteiger partial charge in [-0.2, -0.15) is 0 Å². The van der Waals surface area contributed by atoms with Crippen LogP contribution in [-0.4, -0.2) is 37.0 Å². The van der Waals surface area contributed by atoms with Crippen molar-refractivity contribution in [1.29, 1.82) is 0 Å². The summed E-state index contributed by atoms with van der Waals surface area (Å²) in [7, 11) is 1.99. The van der Waals surface area contributed by atoms with Gasteiger partial charge in [0.05, 0.1) is 6.54 Å². The summed E-state index contributed by atoms with van der Waals surface area (Å²) in [5.41, 5.74) is 1.12. The van der Waals surface area contributed by atoms with Gasteiger partial charge in [-0.25, -0.2) is 4.39 Å². The molecular formula is C19H29FN2O. The van der Waals surface area contributed by atoms with Gasteiger partial charge in [0, 0.05) is 18.0 Å². The van der Waals surface area contributed by atoms with Crippen LogP contribution in [0.3, 0.4) is 0 Å². The Morgan fingerprint density at radius 1 is 1.30 bits per heavy atom. The third-order valence-corrected chi connectivity index (χ3v) is 5.38. The molecule has 0 bridgehead atoms. The Hall–Kier alpha value is -1.42. The average molecular weight is 320 g/mol. The predicted molar refractivity (Wildman–Crippen MR) is 91.9 cm³/mol. The highest BCUT2D eigenvalue weighted by Crippen LogP contribution is 2.40. The van der Waals surface area contributed by atoms with Gasteiger partial charge in [-0.05, 0) is 50.9 Å². The van der Waals surface area contributed by atoms with E-state index in [1.54, 1.807) is 0 Å². The monoisotopic (exact) mass is 320 g/mol. The van der Waals surface area contributed by atoms with Crippen LogP contribution in [0.15, 0.2) is 24.3 Å². The molecule has 1 aliphatic carbocycles. The molecule has 1 unspecified atom stereocenters. The van der Waals surface area contributed by atoms with Crippen molar-refractivity contribution in [2.75, 3.05) is 20.1 Å². The maximum atomic E-state index is 13.2. The van der Waals surface area contributed by atoms with Gasteiger partial charge >= 0.3 is 0 Å². The number of carbonyl (C=O) groups is 1. The van der Waals surface area contributed by atoms with Crippen LogP contribution < -0.4 is 5.32 Å². The fraction of sp³-hybridized carbons (Fsp3) is 0.632. The van der Waals surface area contributed by atoms with Crippen molar-refractivity contribution in [2.24, 2.45) is 0 Å². The molecule has 1 saturated carbocycles. The summed E-state index contributed by atoms with van der Waals surface area (Å²) in [4.78, 5) is 14.3. The van der Waals surface area contributed by atoms with Crippen molar-refractivity contribution >= 4 is 5.91 Å². The van der Waals surface area contributed by atoms with E-state index in [1.165, 1.54) is 25.0 Å². The van der Waals surface area contributed by atoms with E-state index in [0.29, 0.717) is 19.1 Å². The Labute approximate surface area is 139 Å². The topological polar surface area (TPSA) is 32.3 Å². The summed E-state index contributed by atoms with van der Waals surface area (Å²) in [5.74, 6) is -0.137. The van der Waals surface area contributed by atoms with Crippen LogP contribution in [0.2, 0.25) is 0 Å². The Balaban J connectivity index is 1.98. The maximum Gasteiger partial charge on any atom is 0.234 e. The lowest BCUT2D eigenvalue weighted by atomic mass is 9.79. The smallest absolute Gasteiger partial charge is 0.234 e. The molecule has 1 N–H and O–H groups in total. The summed E-state index contributed by atoms with van der Waals surface area (Å²) in [6.45, 7) is 5.33. The third kappa shape index (κ3) is 4.54. The lowest BCUT2D eigenvalue weighted by molar-refractivity contribution is -0.122. The van der Waals surface area contributed by atoms with Crippen molar-refractivity contribution in [3.8, 4) is 0 Å². The number of benzene rings is 1. The molecule has 1 fully saturated rings. The number of nitrogens with one attached hydrogen (secondary N) is 1. The number of amides is 1. The number of likely N-dealkylation sites (N-methyl/N-ethyl adjacent to an activating group) is 1. The van der Waals surface area contributed by atoms with E-state index in [9.17, 15) is 9.18 Å². The van der Waals surface area contributed by atoms with Gasteiger partial charge in [-0.15, -0.1) is 0 Å². The SMILES string of the molecule is CCC(C)N(C)CC(=O)NCC1(c2ccc(F)cc2)CCCC1. The second-order valence-corrected chi connectivity index (χ2v) is 6.94. The number of hydrogen-bond acceptors (Lipinski definition) is 2. The first kappa shape index (κ1) is 17.9. The molecule has 1 aliphatic rings. The number of rotatable bonds is 7. The standard InChI is InChI=1S/C19H29FN2O/c1-4-15(2)22(3)13-18(23)21-14-19(11-5-6-12-19)16-7-9-17(20)10-8-16/h7-10,15H,4-6,11-14H2,1-3H3,(H,21,23). The van der Waals surface area contributed by atoms with E-state index in [4.69, 9.17) is 0 Å². The number of hydrogen-bond donors (Lipinski definition) is 1. The molecule has 0 aliphatic heterocycles. The second-order valence-electron chi connectivity index (χ2n) is 6.94. The molecule has 1 amide bonds. The van der Waals surface area contributed by atoms with Crippen LogP contribution in [0.25, 0.3) is 0 Å². The minimum Gasteiger partial charge on any atom is -0.354 e. The lowest BCUT2D eigenvalue weighted by Crippen LogP contribution is -2.44. The summed E-state index contributed by atoms with van der Waals surface area (Å²) >= 11 is 0. The molecule has 0 spiro atoms. The first-order valence-electron chi connectivity index (χ1n) is 8.70. The first-order valence-corrected chi connectivity index (χ1v) is 8.70. The molecule has 0 saturated heterocycles. The van der Waals surface area contributed by atoms with Crippen LogP contribution in [0.4, 0.5) is 4.39 Å². The third-order valence-electron chi connectivity index (χ3n) is 5.38. The molecule has 4 heteroatoms. The lowest BCUT2D eigenvalue weighted by Gasteiger charge is -2.31.